The highest BCUT2D eigenvalue weighted by Crippen LogP contribution is 2.46. The summed E-state index contributed by atoms with van der Waals surface area (Å²) in [6, 6.07) is 4.89. The van der Waals surface area contributed by atoms with Crippen LogP contribution in [0.2, 0.25) is 0 Å². The zero-order chi connectivity index (χ0) is 31.6. The lowest BCUT2D eigenvalue weighted by Crippen LogP contribution is -2.30. The number of imide groups is 1. The molecule has 3 atom stereocenters. The molecular weight excluding hydrogens is 574 g/mol. The molecule has 14 nitrogen and oxygen atoms in total. The molecule has 0 spiro atoms. The number of likely N-dealkylation sites (N-methyl/N-ethyl adjacent to an activating group) is 1. The van der Waals surface area contributed by atoms with Crippen LogP contribution in [0.3, 0.4) is 0 Å². The quantitative estimate of drug-likeness (QED) is 0.270. The maximum Gasteiger partial charge on any atom is 0.331 e. The van der Waals surface area contributed by atoms with Gasteiger partial charge in [0, 0.05) is 63.3 Å². The zero-order valence-corrected chi connectivity index (χ0v) is 25.9. The third-order valence-electron chi connectivity index (χ3n) is 8.54. The zero-order valence-electron chi connectivity index (χ0n) is 25.9. The molecule has 4 aromatic rings. The Bertz CT molecular complexity index is 1850. The fourth-order valence-electron chi connectivity index (χ4n) is 5.66. The average Bonchev–Trinajstić information content (AvgIpc) is 3.93. The number of pyridine rings is 1. The van der Waals surface area contributed by atoms with Crippen molar-refractivity contribution in [2.24, 2.45) is 5.92 Å². The summed E-state index contributed by atoms with van der Waals surface area (Å²) in [7, 11) is 5.17. The Labute approximate surface area is 259 Å². The number of amides is 4. The maximum atomic E-state index is 13.1. The highest BCUT2D eigenvalue weighted by atomic mass is 16.2. The Hall–Kier alpha value is -5.14. The van der Waals surface area contributed by atoms with E-state index < -0.39 is 0 Å². The SMILES string of the molecule is Cc1ccnc([C@H]2C[C@@H]2C(=O)Nc2cc(N[C@H](C)c3cn4cc(C5CC5)cc(N5CC(=O)N(C)C5=O)c4n3)nc(N(C)C)n2)n1. The van der Waals surface area contributed by atoms with E-state index in [-0.39, 0.29) is 42.3 Å². The van der Waals surface area contributed by atoms with Crippen LogP contribution >= 0.6 is 0 Å². The van der Waals surface area contributed by atoms with E-state index in [4.69, 9.17) is 4.98 Å². The van der Waals surface area contributed by atoms with Crippen LogP contribution in [0, 0.1) is 12.8 Å². The monoisotopic (exact) mass is 609 g/mol. The summed E-state index contributed by atoms with van der Waals surface area (Å²) in [6.45, 7) is 3.86. The van der Waals surface area contributed by atoms with Gasteiger partial charge in [-0.1, -0.05) is 0 Å². The van der Waals surface area contributed by atoms with E-state index in [0.717, 1.165) is 34.7 Å². The van der Waals surface area contributed by atoms with Crippen LogP contribution in [-0.2, 0) is 9.59 Å². The van der Waals surface area contributed by atoms with Gasteiger partial charge in [0.25, 0.3) is 0 Å². The molecule has 4 aromatic heterocycles. The molecule has 0 radical (unpaired) electrons. The van der Waals surface area contributed by atoms with Crippen LogP contribution in [0.25, 0.3) is 5.65 Å². The maximum absolute atomic E-state index is 13.1. The van der Waals surface area contributed by atoms with Gasteiger partial charge in [0.15, 0.2) is 5.65 Å². The molecule has 0 unspecified atom stereocenters. The molecule has 2 N–H and O–H groups in total. The van der Waals surface area contributed by atoms with E-state index in [1.54, 1.807) is 17.2 Å². The first-order valence-electron chi connectivity index (χ1n) is 15.1. The van der Waals surface area contributed by atoms with E-state index in [0.29, 0.717) is 47.1 Å². The summed E-state index contributed by atoms with van der Waals surface area (Å²) in [5.74, 6) is 1.86. The average molecular weight is 610 g/mol. The summed E-state index contributed by atoms with van der Waals surface area (Å²) in [5, 5.41) is 6.37. The van der Waals surface area contributed by atoms with Gasteiger partial charge in [0.1, 0.15) is 24.0 Å². The number of fused-ring (bicyclic) bond motifs is 1. The molecule has 232 valence electrons. The van der Waals surface area contributed by atoms with Gasteiger partial charge in [-0.05, 0) is 56.7 Å². The third kappa shape index (κ3) is 5.51. The van der Waals surface area contributed by atoms with Crippen molar-refractivity contribution in [2.45, 2.75) is 51.0 Å². The normalized spacial score (nSPS) is 20.1. The summed E-state index contributed by atoms with van der Waals surface area (Å²) < 4.78 is 1.94. The fourth-order valence-corrected chi connectivity index (χ4v) is 5.66. The van der Waals surface area contributed by atoms with Gasteiger partial charge < -0.3 is 19.9 Å². The number of carbonyl (C=O) groups excluding carboxylic acids is 3. The van der Waals surface area contributed by atoms with Crippen LogP contribution in [0.1, 0.15) is 66.8 Å². The van der Waals surface area contributed by atoms with E-state index in [9.17, 15) is 14.4 Å². The Balaban J connectivity index is 1.13. The predicted molar refractivity (Wildman–Crippen MR) is 167 cm³/mol. The van der Waals surface area contributed by atoms with Gasteiger partial charge >= 0.3 is 6.03 Å². The minimum absolute atomic E-state index is 0.00702. The Kier molecular flexibility index (Phi) is 6.86. The van der Waals surface area contributed by atoms with E-state index >= 15 is 0 Å². The first kappa shape index (κ1) is 28.6. The second kappa shape index (κ2) is 10.8. The van der Waals surface area contributed by atoms with Crippen molar-refractivity contribution in [2.75, 3.05) is 48.1 Å². The van der Waals surface area contributed by atoms with Crippen LogP contribution in [0.4, 0.5) is 28.1 Å². The van der Waals surface area contributed by atoms with Crippen molar-refractivity contribution in [1.82, 2.24) is 34.2 Å². The smallest absolute Gasteiger partial charge is 0.331 e. The van der Waals surface area contributed by atoms with Gasteiger partial charge in [-0.2, -0.15) is 9.97 Å². The molecule has 4 amide bonds. The summed E-state index contributed by atoms with van der Waals surface area (Å²) in [5.41, 5.74) is 3.94. The number of nitrogens with zero attached hydrogens (tertiary/aromatic N) is 9. The topological polar surface area (TPSA) is 154 Å². The molecule has 2 aliphatic carbocycles. The number of aryl methyl sites for hydroxylation is 1. The van der Waals surface area contributed by atoms with Crippen LogP contribution in [0.15, 0.2) is 36.8 Å². The number of hydrogen-bond donors (Lipinski definition) is 2. The predicted octanol–water partition coefficient (Wildman–Crippen LogP) is 3.48. The van der Waals surface area contributed by atoms with Gasteiger partial charge in [-0.25, -0.2) is 19.7 Å². The van der Waals surface area contributed by atoms with E-state index in [1.807, 2.05) is 50.7 Å². The number of hydrogen-bond acceptors (Lipinski definition) is 10. The first-order chi connectivity index (χ1) is 21.5. The van der Waals surface area contributed by atoms with Gasteiger partial charge in [0.05, 0.1) is 17.4 Å². The van der Waals surface area contributed by atoms with Crippen LogP contribution < -0.4 is 20.4 Å². The van der Waals surface area contributed by atoms with E-state index in [1.165, 1.54) is 11.9 Å². The molecule has 45 heavy (non-hydrogen) atoms. The third-order valence-corrected chi connectivity index (χ3v) is 8.54. The second-order valence-corrected chi connectivity index (χ2v) is 12.3. The van der Waals surface area contributed by atoms with Crippen molar-refractivity contribution in [3.05, 3.63) is 59.6 Å². The van der Waals surface area contributed by atoms with E-state index in [2.05, 4.69) is 36.8 Å². The summed E-state index contributed by atoms with van der Waals surface area (Å²) in [6.07, 6.45) is 8.60. The highest BCUT2D eigenvalue weighted by molar-refractivity contribution is 6.13. The Morgan fingerprint density at radius 3 is 2.53 bits per heavy atom. The lowest BCUT2D eigenvalue weighted by molar-refractivity contribution is -0.124. The molecule has 3 fully saturated rings. The molecule has 3 aliphatic rings. The van der Waals surface area contributed by atoms with Crippen LogP contribution in [0.5, 0.6) is 0 Å². The van der Waals surface area contributed by atoms with Gasteiger partial charge in [0.2, 0.25) is 17.8 Å². The number of anilines is 4. The molecule has 1 saturated heterocycles. The Morgan fingerprint density at radius 2 is 1.84 bits per heavy atom. The van der Waals surface area contributed by atoms with Crippen molar-refractivity contribution in [3.63, 3.8) is 0 Å². The number of rotatable bonds is 9. The van der Waals surface area contributed by atoms with Gasteiger partial charge in [-0.3, -0.25) is 19.4 Å². The number of aromatic nitrogens is 6. The molecule has 7 rings (SSSR count). The second-order valence-electron chi connectivity index (χ2n) is 12.3. The number of nitrogens with one attached hydrogen (secondary N) is 2. The van der Waals surface area contributed by atoms with Crippen LogP contribution in [-0.4, -0.2) is 79.8 Å². The largest absolute Gasteiger partial charge is 0.362 e. The Morgan fingerprint density at radius 1 is 1.07 bits per heavy atom. The lowest BCUT2D eigenvalue weighted by Gasteiger charge is -2.17. The number of carbonyl (C=O) groups is 3. The molecule has 2 saturated carbocycles. The molecule has 1 aliphatic heterocycles. The minimum atomic E-state index is -0.360. The minimum Gasteiger partial charge on any atom is -0.362 e. The van der Waals surface area contributed by atoms with Crippen molar-refractivity contribution in [3.8, 4) is 0 Å². The molecule has 0 bridgehead atoms. The molecule has 0 aromatic carbocycles. The standard InChI is InChI=1S/C31H35N11O3/c1-16-8-9-32-27(33-16)20-11-21(20)29(44)36-25-12-24(37-30(38-25)39(3)4)34-17(2)22-14-41-13-19(18-6-7-18)10-23(28(41)35-22)42-15-26(43)40(5)31(42)45/h8-10,12-14,17-18,20-21H,6-7,11,15H2,1-5H3,(H2,34,36,37,38,44)/t17-,20+,21+/m1/s1. The van der Waals surface area contributed by atoms with Crippen molar-refractivity contribution < 1.29 is 14.4 Å². The molecule has 5 heterocycles. The lowest BCUT2D eigenvalue weighted by atomic mass is 10.1. The molecular formula is C31H35N11O3. The van der Waals surface area contributed by atoms with Crippen molar-refractivity contribution >= 4 is 46.8 Å². The van der Waals surface area contributed by atoms with Crippen molar-refractivity contribution in [1.29, 1.82) is 0 Å². The fraction of sp³-hybridized carbons (Fsp3) is 0.419. The summed E-state index contributed by atoms with van der Waals surface area (Å²) >= 11 is 0. The number of urea groups is 1. The van der Waals surface area contributed by atoms with Gasteiger partial charge in [-0.15, -0.1) is 0 Å². The molecule has 14 heteroatoms. The summed E-state index contributed by atoms with van der Waals surface area (Å²) in [4.78, 5) is 65.7. The first-order valence-corrected chi connectivity index (χ1v) is 15.1. The highest BCUT2D eigenvalue weighted by Gasteiger charge is 2.46. The number of imidazole rings is 1.